The highest BCUT2D eigenvalue weighted by molar-refractivity contribution is 8.01. The minimum atomic E-state index is -2.58. The number of pyridine rings is 1. The number of hydrogen-bond acceptors (Lipinski definition) is 7. The van der Waals surface area contributed by atoms with Crippen molar-refractivity contribution >= 4 is 55.2 Å². The lowest BCUT2D eigenvalue weighted by molar-refractivity contribution is -0.119. The van der Waals surface area contributed by atoms with Crippen LogP contribution in [0.5, 0.6) is 0 Å². The van der Waals surface area contributed by atoms with Gasteiger partial charge >= 0.3 is 6.09 Å². The van der Waals surface area contributed by atoms with E-state index in [9.17, 15) is 18.2 Å². The summed E-state index contributed by atoms with van der Waals surface area (Å²) in [7, 11) is -2.58. The zero-order chi connectivity index (χ0) is 31.2. The monoisotopic (exact) mass is 614 g/mol. The van der Waals surface area contributed by atoms with Crippen molar-refractivity contribution in [3.05, 3.63) is 88.9 Å². The number of rotatable bonds is 4. The highest BCUT2D eigenvalue weighted by atomic mass is 32.2. The molecule has 1 fully saturated rings. The fourth-order valence-corrected chi connectivity index (χ4v) is 8.09. The molecule has 4 bridgehead atoms. The van der Waals surface area contributed by atoms with Gasteiger partial charge in [0.05, 0.1) is 12.8 Å². The van der Waals surface area contributed by atoms with Crippen molar-refractivity contribution in [3.8, 4) is 0 Å². The minimum absolute atomic E-state index is 0.00788. The number of halogens is 1. The predicted molar refractivity (Wildman–Crippen MR) is 173 cm³/mol. The zero-order valence-corrected chi connectivity index (χ0v) is 25.5. The maximum absolute atomic E-state index is 14.7. The molecule has 8 nitrogen and oxygen atoms in total. The quantitative estimate of drug-likeness (QED) is 0.224. The Morgan fingerprint density at radius 2 is 1.86 bits per heavy atom. The molecule has 1 unspecified atom stereocenters. The van der Waals surface area contributed by atoms with Crippen LogP contribution in [-0.2, 0) is 25.5 Å². The largest absolute Gasteiger partial charge is 0.449 e. The number of nitrogen functional groups attached to an aromatic ring is 1. The molecule has 4 aromatic rings. The van der Waals surface area contributed by atoms with Crippen LogP contribution >= 0.6 is 0 Å². The first-order chi connectivity index (χ1) is 21.0. The molecule has 3 aromatic carbocycles. The van der Waals surface area contributed by atoms with E-state index in [-0.39, 0.29) is 35.8 Å². The Bertz CT molecular complexity index is 1910. The summed E-state index contributed by atoms with van der Waals surface area (Å²) in [5.41, 5.74) is 10.4. The lowest BCUT2D eigenvalue weighted by Crippen LogP contribution is -2.23. The molecule has 44 heavy (non-hydrogen) atoms. The van der Waals surface area contributed by atoms with E-state index >= 15 is 0 Å². The minimum Gasteiger partial charge on any atom is -0.449 e. The second kappa shape index (κ2) is 11.6. The van der Waals surface area contributed by atoms with Crippen molar-refractivity contribution in [2.75, 3.05) is 23.0 Å². The molecular formula is C34H35FN4O4S. The maximum atomic E-state index is 14.7. The number of ketones is 1. The molecule has 4 N–H and O–H groups in total. The van der Waals surface area contributed by atoms with Crippen LogP contribution < -0.4 is 16.4 Å². The third-order valence-electron chi connectivity index (χ3n) is 8.51. The molecule has 7 rings (SSSR count). The van der Waals surface area contributed by atoms with Crippen LogP contribution in [0.15, 0.2) is 65.7 Å². The number of ether oxygens (including phenoxy) is 1. The van der Waals surface area contributed by atoms with Crippen LogP contribution in [0.4, 0.5) is 26.4 Å². The van der Waals surface area contributed by atoms with E-state index in [1.165, 1.54) is 0 Å². The van der Waals surface area contributed by atoms with Crippen LogP contribution in [0.1, 0.15) is 60.4 Å². The van der Waals surface area contributed by atoms with Crippen LogP contribution in [0.25, 0.3) is 10.8 Å². The number of fused-ring (bicyclic) bond motifs is 10. The number of nitrogens with one attached hydrogen (secondary N) is 2. The first kappa shape index (κ1) is 29.6. The van der Waals surface area contributed by atoms with Gasteiger partial charge in [0.2, 0.25) is 0 Å². The summed E-state index contributed by atoms with van der Waals surface area (Å²) in [5.74, 6) is 3.60. The molecule has 3 atom stereocenters. The molecule has 3 aliphatic rings. The molecule has 1 aliphatic carbocycles. The van der Waals surface area contributed by atoms with E-state index in [2.05, 4.69) is 21.5 Å². The summed E-state index contributed by atoms with van der Waals surface area (Å²) in [4.78, 5) is 31.2. The number of hydrogen-bond donors (Lipinski definition) is 3. The number of carbonyl (C=O) groups excluding carboxylic acids is 2. The number of amides is 1. The van der Waals surface area contributed by atoms with Gasteiger partial charge in [0.25, 0.3) is 0 Å². The first-order valence-electron chi connectivity index (χ1n) is 14.7. The Hall–Kier alpha value is -4.44. The average molecular weight is 615 g/mol. The van der Waals surface area contributed by atoms with Crippen molar-refractivity contribution in [2.45, 2.75) is 61.6 Å². The molecule has 0 saturated heterocycles. The van der Waals surface area contributed by atoms with E-state index in [0.29, 0.717) is 39.0 Å². The SMILES string of the molecule is C=S(=O)(c1ccc2cc1CCC(=O)[C@H](Nc1ccc3c(N)ncc(F)c3c1)c1ccc(c(C)c1)[C@@H](C)COC(=O)N2)C1CC1. The number of nitrogens with two attached hydrogens (primary N) is 1. The van der Waals surface area contributed by atoms with Gasteiger partial charge in [0, 0.05) is 44.6 Å². The average Bonchev–Trinajstić information content (AvgIpc) is 3.86. The number of nitrogens with zero attached hydrogens (tertiary/aromatic N) is 1. The molecular weight excluding hydrogens is 579 g/mol. The van der Waals surface area contributed by atoms with Gasteiger partial charge in [-0.15, -0.1) is 0 Å². The molecule has 1 aromatic heterocycles. The van der Waals surface area contributed by atoms with Crippen LogP contribution in [0, 0.1) is 12.7 Å². The van der Waals surface area contributed by atoms with Crippen molar-refractivity contribution in [1.82, 2.24) is 4.98 Å². The van der Waals surface area contributed by atoms with E-state index in [1.54, 1.807) is 36.4 Å². The number of carbonyl (C=O) groups is 2. The highest BCUT2D eigenvalue weighted by Crippen LogP contribution is 2.37. The second-order valence-electron chi connectivity index (χ2n) is 11.8. The number of aryl methyl sites for hydroxylation is 2. The summed E-state index contributed by atoms with van der Waals surface area (Å²) in [5, 5.41) is 6.92. The molecule has 0 spiro atoms. The highest BCUT2D eigenvalue weighted by Gasteiger charge is 2.33. The van der Waals surface area contributed by atoms with Gasteiger partial charge in [0.1, 0.15) is 17.7 Å². The first-order valence-corrected chi connectivity index (χ1v) is 16.5. The van der Waals surface area contributed by atoms with Crippen molar-refractivity contribution in [3.63, 3.8) is 0 Å². The summed E-state index contributed by atoms with van der Waals surface area (Å²) in [6, 6.07) is 15.3. The van der Waals surface area contributed by atoms with E-state index < -0.39 is 27.5 Å². The zero-order valence-electron chi connectivity index (χ0n) is 24.7. The third-order valence-corrected chi connectivity index (χ3v) is 11.2. The molecule has 3 heterocycles. The van der Waals surface area contributed by atoms with Crippen LogP contribution in [-0.4, -0.2) is 38.8 Å². The topological polar surface area (TPSA) is 123 Å². The molecule has 2 aliphatic heterocycles. The number of anilines is 3. The van der Waals surface area contributed by atoms with Crippen molar-refractivity contribution in [1.29, 1.82) is 0 Å². The van der Waals surface area contributed by atoms with Crippen LogP contribution in [0.2, 0.25) is 0 Å². The fraction of sp³-hybridized carbons (Fsp3) is 0.294. The van der Waals surface area contributed by atoms with E-state index in [4.69, 9.17) is 10.5 Å². The van der Waals surface area contributed by atoms with Gasteiger partial charge < -0.3 is 15.8 Å². The Labute approximate surface area is 256 Å². The summed E-state index contributed by atoms with van der Waals surface area (Å²) < 4.78 is 34.0. The Morgan fingerprint density at radius 1 is 1.07 bits per heavy atom. The van der Waals surface area contributed by atoms with Gasteiger partial charge in [-0.1, -0.05) is 25.1 Å². The Morgan fingerprint density at radius 3 is 2.61 bits per heavy atom. The normalized spacial score (nSPS) is 20.5. The summed E-state index contributed by atoms with van der Waals surface area (Å²) in [6.07, 6.45) is 2.61. The number of aromatic nitrogens is 1. The number of benzene rings is 3. The molecule has 0 radical (unpaired) electrons. The molecule has 1 amide bonds. The van der Waals surface area contributed by atoms with Crippen molar-refractivity contribution < 1.29 is 22.9 Å². The second-order valence-corrected chi connectivity index (χ2v) is 14.3. The summed E-state index contributed by atoms with van der Waals surface area (Å²) >= 11 is 0. The van der Waals surface area contributed by atoms with Crippen LogP contribution in [0.3, 0.4) is 0 Å². The Balaban J connectivity index is 1.40. The van der Waals surface area contributed by atoms with Gasteiger partial charge in [-0.25, -0.2) is 14.2 Å². The van der Waals surface area contributed by atoms with Gasteiger partial charge in [0.15, 0.2) is 5.78 Å². The molecule has 1 saturated carbocycles. The third kappa shape index (κ3) is 5.86. The van der Waals surface area contributed by atoms with Gasteiger partial charge in [-0.05, 0) is 100 Å². The van der Waals surface area contributed by atoms with Gasteiger partial charge in [-0.2, -0.15) is 0 Å². The molecule has 10 heteroatoms. The summed E-state index contributed by atoms with van der Waals surface area (Å²) in [6.45, 7) is 4.09. The van der Waals surface area contributed by atoms with E-state index in [1.807, 2.05) is 32.0 Å². The fourth-order valence-electron chi connectivity index (χ4n) is 5.93. The lowest BCUT2D eigenvalue weighted by atomic mass is 9.91. The smallest absolute Gasteiger partial charge is 0.411 e. The standard InChI is InChI=1S/C34H35FN4O4S/c1-19-14-22-4-10-26(19)20(2)18-43-34(41)39-23-7-13-31(44(3,42)25-8-9-25)21(15-23)5-12-30(40)32(22)38-24-6-11-27-28(16-24)29(35)17-37-33(27)36/h4,6-7,10-11,13-17,20,25,32,38H,3,5,8-9,12,18H2,1-2H3,(H2,36,37)(H,39,41)/t20-,32+,44?/m0/s1. The number of Topliss-reactive ketones (excluding diaryl/α,β-unsaturated/α-hetero) is 1. The maximum Gasteiger partial charge on any atom is 0.411 e. The van der Waals surface area contributed by atoms with Gasteiger partial charge in [-0.3, -0.25) is 14.3 Å². The van der Waals surface area contributed by atoms with E-state index in [0.717, 1.165) is 35.7 Å². The predicted octanol–water partition coefficient (Wildman–Crippen LogP) is 6.52. The molecule has 228 valence electrons. The Kier molecular flexibility index (Phi) is 7.79. The van der Waals surface area contributed by atoms with Crippen molar-refractivity contribution in [2.24, 2.45) is 0 Å². The lowest BCUT2D eigenvalue weighted by Gasteiger charge is -2.23.